The van der Waals surface area contributed by atoms with Crippen LogP contribution in [0.25, 0.3) is 0 Å². The van der Waals surface area contributed by atoms with Gasteiger partial charge in [-0.3, -0.25) is 4.79 Å². The second kappa shape index (κ2) is 29.5. The summed E-state index contributed by atoms with van der Waals surface area (Å²) in [7, 11) is -2.43. The number of unbranched alkanes of at least 4 members (excludes halogenated alkanes) is 22. The molecule has 5 nitrogen and oxygen atoms in total. The van der Waals surface area contributed by atoms with Crippen LogP contribution >= 0.6 is 0 Å². The quantitative estimate of drug-likeness (QED) is 0.0657. The van der Waals surface area contributed by atoms with Crippen LogP contribution in [0.2, 0.25) is 6.04 Å². The molecule has 0 aromatic heterocycles. The van der Waals surface area contributed by atoms with Crippen molar-refractivity contribution in [3.05, 3.63) is 0 Å². The van der Waals surface area contributed by atoms with Gasteiger partial charge >= 0.3 is 14.8 Å². The number of carboxylic acid groups (broad SMARTS) is 1. The highest BCUT2D eigenvalue weighted by molar-refractivity contribution is 6.60. The highest BCUT2D eigenvalue weighted by Gasteiger charge is 2.39. The minimum Gasteiger partial charge on any atom is -0.481 e. The molecule has 1 N–H and O–H groups in total. The largest absolute Gasteiger partial charge is 0.500 e. The molecule has 0 saturated carbocycles. The molecule has 0 aliphatic carbocycles. The minimum atomic E-state index is -2.43. The predicted molar refractivity (Wildman–Crippen MR) is 164 cm³/mol. The van der Waals surface area contributed by atoms with E-state index in [2.05, 4.69) is 0 Å². The second-order valence-corrected chi connectivity index (χ2v) is 13.7. The number of hydrogen-bond acceptors (Lipinski definition) is 4. The van der Waals surface area contributed by atoms with Gasteiger partial charge in [-0.05, 0) is 33.6 Å². The fourth-order valence-corrected chi connectivity index (χ4v) is 8.02. The average molecular weight is 559 g/mol. The predicted octanol–water partition coefficient (Wildman–Crippen LogP) is 10.5. The number of hydrogen-bond donors (Lipinski definition) is 1. The maximum absolute atomic E-state index is 10.5. The van der Waals surface area contributed by atoms with Crippen molar-refractivity contribution in [1.82, 2.24) is 0 Å². The summed E-state index contributed by atoms with van der Waals surface area (Å²) in [5.74, 6) is -0.655. The Kier molecular flexibility index (Phi) is 29.2. The lowest BCUT2D eigenvalue weighted by Crippen LogP contribution is -2.45. The zero-order valence-corrected chi connectivity index (χ0v) is 26.9. The first-order valence-corrected chi connectivity index (χ1v) is 18.7. The van der Waals surface area contributed by atoms with Crippen LogP contribution in [-0.4, -0.2) is 39.7 Å². The van der Waals surface area contributed by atoms with Gasteiger partial charge in [-0.25, -0.2) is 0 Å². The van der Waals surface area contributed by atoms with E-state index in [1.807, 2.05) is 20.8 Å². The molecule has 0 spiro atoms. The molecular weight excluding hydrogens is 492 g/mol. The van der Waals surface area contributed by atoms with Crippen molar-refractivity contribution in [3.63, 3.8) is 0 Å². The third kappa shape index (κ3) is 25.8. The van der Waals surface area contributed by atoms with Gasteiger partial charge in [0.1, 0.15) is 0 Å². The Labute approximate surface area is 238 Å². The number of rotatable bonds is 32. The summed E-state index contributed by atoms with van der Waals surface area (Å²) in [5.41, 5.74) is 0. The maximum Gasteiger partial charge on any atom is 0.500 e. The fraction of sp³-hybridized carbons (Fsp3) is 0.969. The SMILES string of the molecule is CCO[Si](CCCCCCCCCCCCCCCCCCCCCCCCCC(=O)O)(OCC)OCC. The molecule has 0 amide bonds. The molecule has 228 valence electrons. The molecular formula is C32H66O5Si. The lowest BCUT2D eigenvalue weighted by Gasteiger charge is -2.28. The molecule has 0 saturated heterocycles. The summed E-state index contributed by atoms with van der Waals surface area (Å²) in [6.45, 7) is 8.12. The van der Waals surface area contributed by atoms with Crippen LogP contribution in [0, 0.1) is 0 Å². The molecule has 0 aliphatic rings. The summed E-state index contributed by atoms with van der Waals surface area (Å²) >= 11 is 0. The molecule has 0 aromatic rings. The lowest BCUT2D eigenvalue weighted by atomic mass is 10.0. The Bertz CT molecular complexity index is 471. The van der Waals surface area contributed by atoms with Crippen molar-refractivity contribution in [2.75, 3.05) is 19.8 Å². The lowest BCUT2D eigenvalue weighted by molar-refractivity contribution is -0.137. The zero-order valence-electron chi connectivity index (χ0n) is 25.9. The van der Waals surface area contributed by atoms with Gasteiger partial charge in [0.05, 0.1) is 0 Å². The molecule has 0 radical (unpaired) electrons. The van der Waals surface area contributed by atoms with Crippen molar-refractivity contribution < 1.29 is 23.2 Å². The van der Waals surface area contributed by atoms with Gasteiger partial charge < -0.3 is 18.4 Å². The first-order valence-electron chi connectivity index (χ1n) is 16.7. The monoisotopic (exact) mass is 558 g/mol. The molecule has 0 fully saturated rings. The van der Waals surface area contributed by atoms with Gasteiger partial charge in [0, 0.05) is 32.3 Å². The number of aliphatic carboxylic acids is 1. The van der Waals surface area contributed by atoms with Crippen LogP contribution in [0.4, 0.5) is 0 Å². The normalized spacial score (nSPS) is 11.9. The first kappa shape index (κ1) is 37.6. The van der Waals surface area contributed by atoms with E-state index in [-0.39, 0.29) is 0 Å². The fourth-order valence-electron chi connectivity index (χ4n) is 5.33. The third-order valence-corrected chi connectivity index (χ3v) is 10.6. The van der Waals surface area contributed by atoms with Gasteiger partial charge in [0.15, 0.2) is 0 Å². The van der Waals surface area contributed by atoms with E-state index in [4.69, 9.17) is 18.4 Å². The molecule has 0 atom stereocenters. The molecule has 38 heavy (non-hydrogen) atoms. The van der Waals surface area contributed by atoms with Gasteiger partial charge in [0.25, 0.3) is 0 Å². The summed E-state index contributed by atoms with van der Waals surface area (Å²) in [6.07, 6.45) is 30.9. The summed E-state index contributed by atoms with van der Waals surface area (Å²) < 4.78 is 17.9. The summed E-state index contributed by atoms with van der Waals surface area (Å²) in [4.78, 5) is 10.5. The van der Waals surface area contributed by atoms with Gasteiger partial charge in [0.2, 0.25) is 0 Å². The van der Waals surface area contributed by atoms with Crippen LogP contribution in [0.1, 0.15) is 175 Å². The van der Waals surface area contributed by atoms with E-state index in [0.29, 0.717) is 26.2 Å². The summed E-state index contributed by atoms with van der Waals surface area (Å²) in [5, 5.41) is 8.63. The standard InChI is InChI=1S/C32H66O5Si/c1-4-35-38(36-5-2,37-6-3)31-29-27-25-23-21-19-17-15-13-11-9-7-8-10-12-14-16-18-20-22-24-26-28-30-32(33)34/h4-31H2,1-3H3,(H,33,34). The van der Waals surface area contributed by atoms with Crippen LogP contribution in [-0.2, 0) is 18.1 Å². The highest BCUT2D eigenvalue weighted by Crippen LogP contribution is 2.21. The van der Waals surface area contributed by atoms with E-state index in [9.17, 15) is 4.79 Å². The van der Waals surface area contributed by atoms with Crippen molar-refractivity contribution in [2.45, 2.75) is 181 Å². The summed E-state index contributed by atoms with van der Waals surface area (Å²) in [6, 6.07) is 0.961. The van der Waals surface area contributed by atoms with Crippen molar-refractivity contribution in [3.8, 4) is 0 Å². The number of carbonyl (C=O) groups is 1. The number of carboxylic acids is 1. The van der Waals surface area contributed by atoms with E-state index in [0.717, 1.165) is 25.3 Å². The minimum absolute atomic E-state index is 0.338. The zero-order chi connectivity index (χ0) is 28.0. The third-order valence-electron chi connectivity index (χ3n) is 7.47. The van der Waals surface area contributed by atoms with Gasteiger partial charge in [-0.2, -0.15) is 0 Å². The van der Waals surface area contributed by atoms with Crippen LogP contribution in [0.15, 0.2) is 0 Å². The van der Waals surface area contributed by atoms with E-state index in [1.165, 1.54) is 128 Å². The molecule has 6 heteroatoms. The Morgan fingerprint density at radius 2 is 0.684 bits per heavy atom. The Morgan fingerprint density at radius 1 is 0.447 bits per heavy atom. The van der Waals surface area contributed by atoms with Crippen LogP contribution in [0.3, 0.4) is 0 Å². The molecule has 0 unspecified atom stereocenters. The molecule has 0 aromatic carbocycles. The first-order chi connectivity index (χ1) is 18.6. The van der Waals surface area contributed by atoms with Crippen LogP contribution < -0.4 is 0 Å². The van der Waals surface area contributed by atoms with Crippen molar-refractivity contribution >= 4 is 14.8 Å². The van der Waals surface area contributed by atoms with Crippen LogP contribution in [0.5, 0.6) is 0 Å². The molecule has 0 rings (SSSR count). The Morgan fingerprint density at radius 3 is 0.921 bits per heavy atom. The van der Waals surface area contributed by atoms with Gasteiger partial charge in [-0.1, -0.05) is 135 Å². The molecule has 0 aliphatic heterocycles. The van der Waals surface area contributed by atoms with Gasteiger partial charge in [-0.15, -0.1) is 0 Å². The van der Waals surface area contributed by atoms with E-state index in [1.54, 1.807) is 0 Å². The van der Waals surface area contributed by atoms with E-state index < -0.39 is 14.8 Å². The average Bonchev–Trinajstić information content (AvgIpc) is 2.89. The second-order valence-electron chi connectivity index (χ2n) is 11.0. The van der Waals surface area contributed by atoms with Crippen molar-refractivity contribution in [1.29, 1.82) is 0 Å². The maximum atomic E-state index is 10.5. The van der Waals surface area contributed by atoms with E-state index >= 15 is 0 Å². The smallest absolute Gasteiger partial charge is 0.481 e. The molecule has 0 heterocycles. The Hall–Kier alpha value is -0.433. The Balaban J connectivity index is 3.30. The molecule has 0 bridgehead atoms. The van der Waals surface area contributed by atoms with Crippen molar-refractivity contribution in [2.24, 2.45) is 0 Å². The topological polar surface area (TPSA) is 65.0 Å². The highest BCUT2D eigenvalue weighted by atomic mass is 28.4.